The molecule has 0 fully saturated rings. The Morgan fingerprint density at radius 1 is 1.17 bits per heavy atom. The van der Waals surface area contributed by atoms with Crippen LogP contribution in [0.15, 0.2) is 51.7 Å². The lowest BCUT2D eigenvalue weighted by Crippen LogP contribution is -2.15. The molecular formula is C16H12N2O5. The Hall–Kier alpha value is -3.35. The van der Waals surface area contributed by atoms with E-state index in [1.54, 1.807) is 36.4 Å². The molecule has 0 saturated carbocycles. The number of carbonyl (C=O) groups excluding carboxylic acids is 2. The predicted octanol–water partition coefficient (Wildman–Crippen LogP) is 2.16. The van der Waals surface area contributed by atoms with Gasteiger partial charge < -0.3 is 14.5 Å². The number of nitrogens with one attached hydrogen (secondary N) is 2. The number of rotatable bonds is 3. The van der Waals surface area contributed by atoms with Crippen molar-refractivity contribution in [3.05, 3.63) is 64.1 Å². The Bertz CT molecular complexity index is 954. The summed E-state index contributed by atoms with van der Waals surface area (Å²) in [5.74, 6) is -1.58. The second kappa shape index (κ2) is 5.80. The van der Waals surface area contributed by atoms with Crippen LogP contribution in [0.25, 0.3) is 11.1 Å². The third-order valence-electron chi connectivity index (χ3n) is 3.26. The number of fused-ring (bicyclic) bond motifs is 1. The topological polar surface area (TPSA) is 101 Å². The van der Waals surface area contributed by atoms with Crippen LogP contribution in [-0.2, 0) is 4.74 Å². The standard InChI is InChI=1S/C16H12N2O5/c1-22-15(20)10-4-2-3-5-11(10)17-14(19)9-6-7-12-13(8-9)23-16(21)18-12/h2-8H,1H3,(H,17,19)(H,18,21). The zero-order valence-corrected chi connectivity index (χ0v) is 12.1. The summed E-state index contributed by atoms with van der Waals surface area (Å²) in [5, 5.41) is 2.64. The minimum atomic E-state index is -0.589. The molecule has 7 nitrogen and oxygen atoms in total. The minimum Gasteiger partial charge on any atom is -0.465 e. The van der Waals surface area contributed by atoms with Crippen molar-refractivity contribution in [3.8, 4) is 0 Å². The van der Waals surface area contributed by atoms with Gasteiger partial charge in [-0.1, -0.05) is 12.1 Å². The number of amides is 1. The number of methoxy groups -OCH3 is 1. The molecule has 116 valence electrons. The quantitative estimate of drug-likeness (QED) is 0.722. The molecule has 7 heteroatoms. The summed E-state index contributed by atoms with van der Waals surface area (Å²) in [6, 6.07) is 11.1. The number of aromatic amines is 1. The van der Waals surface area contributed by atoms with Crippen molar-refractivity contribution < 1.29 is 18.7 Å². The van der Waals surface area contributed by atoms with Gasteiger partial charge in [-0.05, 0) is 30.3 Å². The highest BCUT2D eigenvalue weighted by Crippen LogP contribution is 2.18. The fourth-order valence-corrected chi connectivity index (χ4v) is 2.16. The molecule has 1 heterocycles. The molecular weight excluding hydrogens is 300 g/mol. The molecule has 0 aliphatic heterocycles. The molecule has 1 amide bonds. The summed E-state index contributed by atoms with van der Waals surface area (Å²) in [5.41, 5.74) is 1.66. The normalized spacial score (nSPS) is 10.5. The maximum absolute atomic E-state index is 12.3. The van der Waals surface area contributed by atoms with Crippen molar-refractivity contribution >= 4 is 28.7 Å². The van der Waals surface area contributed by atoms with E-state index in [0.717, 1.165) is 0 Å². The van der Waals surface area contributed by atoms with E-state index in [1.165, 1.54) is 13.2 Å². The summed E-state index contributed by atoms with van der Waals surface area (Å²) >= 11 is 0. The number of H-pyrrole nitrogens is 1. The van der Waals surface area contributed by atoms with E-state index in [-0.39, 0.29) is 11.1 Å². The van der Waals surface area contributed by atoms with Gasteiger partial charge in [0.05, 0.1) is 23.9 Å². The Morgan fingerprint density at radius 3 is 2.74 bits per heavy atom. The van der Waals surface area contributed by atoms with Crippen molar-refractivity contribution in [2.45, 2.75) is 0 Å². The molecule has 0 unspecified atom stereocenters. The van der Waals surface area contributed by atoms with Gasteiger partial charge in [0.1, 0.15) is 0 Å². The van der Waals surface area contributed by atoms with Gasteiger partial charge in [0.25, 0.3) is 5.91 Å². The Labute approximate surface area is 129 Å². The second-order valence-electron chi connectivity index (χ2n) is 4.72. The number of hydrogen-bond acceptors (Lipinski definition) is 5. The fraction of sp³-hybridized carbons (Fsp3) is 0.0625. The van der Waals surface area contributed by atoms with Crippen LogP contribution >= 0.6 is 0 Å². The Balaban J connectivity index is 1.91. The third-order valence-corrected chi connectivity index (χ3v) is 3.26. The van der Waals surface area contributed by atoms with Crippen LogP contribution in [0, 0.1) is 0 Å². The molecule has 3 rings (SSSR count). The van der Waals surface area contributed by atoms with E-state index in [2.05, 4.69) is 15.0 Å². The first-order valence-electron chi connectivity index (χ1n) is 6.70. The maximum atomic E-state index is 12.3. The number of hydrogen-bond donors (Lipinski definition) is 2. The summed E-state index contributed by atoms with van der Waals surface area (Å²) in [4.78, 5) is 37.7. The average Bonchev–Trinajstić information content (AvgIpc) is 2.93. The van der Waals surface area contributed by atoms with E-state index in [9.17, 15) is 14.4 Å². The van der Waals surface area contributed by atoms with Crippen LogP contribution in [0.3, 0.4) is 0 Å². The second-order valence-corrected chi connectivity index (χ2v) is 4.72. The maximum Gasteiger partial charge on any atom is 0.417 e. The van der Waals surface area contributed by atoms with Gasteiger partial charge in [-0.25, -0.2) is 9.59 Å². The first-order chi connectivity index (χ1) is 11.1. The largest absolute Gasteiger partial charge is 0.465 e. The van der Waals surface area contributed by atoms with E-state index in [1.807, 2.05) is 0 Å². The van der Waals surface area contributed by atoms with Crippen LogP contribution < -0.4 is 11.1 Å². The zero-order chi connectivity index (χ0) is 16.4. The molecule has 0 bridgehead atoms. The van der Waals surface area contributed by atoms with Crippen LogP contribution in [0.1, 0.15) is 20.7 Å². The van der Waals surface area contributed by atoms with E-state index in [4.69, 9.17) is 4.42 Å². The highest BCUT2D eigenvalue weighted by molar-refractivity contribution is 6.08. The lowest BCUT2D eigenvalue weighted by Gasteiger charge is -2.09. The highest BCUT2D eigenvalue weighted by atomic mass is 16.5. The van der Waals surface area contributed by atoms with Crippen molar-refractivity contribution in [2.75, 3.05) is 12.4 Å². The van der Waals surface area contributed by atoms with Crippen LogP contribution in [0.2, 0.25) is 0 Å². The molecule has 2 aromatic carbocycles. The molecule has 0 aliphatic carbocycles. The molecule has 2 N–H and O–H groups in total. The number of esters is 1. The summed E-state index contributed by atoms with van der Waals surface area (Å²) < 4.78 is 9.60. The number of ether oxygens (including phenoxy) is 1. The summed E-state index contributed by atoms with van der Waals surface area (Å²) in [7, 11) is 1.27. The van der Waals surface area contributed by atoms with Crippen LogP contribution in [0.4, 0.5) is 5.69 Å². The van der Waals surface area contributed by atoms with Gasteiger partial charge >= 0.3 is 11.7 Å². The molecule has 1 aromatic heterocycles. The first-order valence-corrected chi connectivity index (χ1v) is 6.70. The number of carbonyl (C=O) groups is 2. The molecule has 0 aliphatic rings. The van der Waals surface area contributed by atoms with Gasteiger partial charge in [0.15, 0.2) is 5.58 Å². The van der Waals surface area contributed by atoms with Gasteiger partial charge in [-0.2, -0.15) is 0 Å². The van der Waals surface area contributed by atoms with Crippen molar-refractivity contribution in [2.24, 2.45) is 0 Å². The first kappa shape index (κ1) is 14.6. The highest BCUT2D eigenvalue weighted by Gasteiger charge is 2.15. The molecule has 0 radical (unpaired) electrons. The third kappa shape index (κ3) is 2.84. The number of para-hydroxylation sites is 1. The van der Waals surface area contributed by atoms with Gasteiger partial charge in [-0.15, -0.1) is 0 Å². The smallest absolute Gasteiger partial charge is 0.417 e. The van der Waals surface area contributed by atoms with Crippen molar-refractivity contribution in [1.82, 2.24) is 4.98 Å². The van der Waals surface area contributed by atoms with Gasteiger partial charge in [0, 0.05) is 5.56 Å². The molecule has 3 aromatic rings. The number of anilines is 1. The number of oxazole rings is 1. The minimum absolute atomic E-state index is 0.248. The summed E-state index contributed by atoms with van der Waals surface area (Å²) in [6.07, 6.45) is 0. The average molecular weight is 312 g/mol. The SMILES string of the molecule is COC(=O)c1ccccc1NC(=O)c1ccc2[nH]c(=O)oc2c1. The van der Waals surface area contributed by atoms with Crippen LogP contribution in [-0.4, -0.2) is 24.0 Å². The monoisotopic (exact) mass is 312 g/mol. The molecule has 0 saturated heterocycles. The number of aromatic nitrogens is 1. The van der Waals surface area contributed by atoms with Gasteiger partial charge in [-0.3, -0.25) is 9.78 Å². The molecule has 0 spiro atoms. The molecule has 23 heavy (non-hydrogen) atoms. The fourth-order valence-electron chi connectivity index (χ4n) is 2.16. The van der Waals surface area contributed by atoms with Crippen LogP contribution in [0.5, 0.6) is 0 Å². The zero-order valence-electron chi connectivity index (χ0n) is 12.1. The van der Waals surface area contributed by atoms with E-state index in [0.29, 0.717) is 16.8 Å². The lowest BCUT2D eigenvalue weighted by atomic mass is 10.1. The molecule has 0 atom stereocenters. The Kier molecular flexibility index (Phi) is 3.68. The van der Waals surface area contributed by atoms with Gasteiger partial charge in [0.2, 0.25) is 0 Å². The number of benzene rings is 2. The van der Waals surface area contributed by atoms with E-state index < -0.39 is 17.6 Å². The Morgan fingerprint density at radius 2 is 1.96 bits per heavy atom. The van der Waals surface area contributed by atoms with Crippen molar-refractivity contribution in [1.29, 1.82) is 0 Å². The van der Waals surface area contributed by atoms with Crippen molar-refractivity contribution in [3.63, 3.8) is 0 Å². The lowest BCUT2D eigenvalue weighted by molar-refractivity contribution is 0.0602. The van der Waals surface area contributed by atoms with E-state index >= 15 is 0 Å². The summed E-state index contributed by atoms with van der Waals surface area (Å²) in [6.45, 7) is 0. The predicted molar refractivity (Wildman–Crippen MR) is 82.6 cm³/mol.